The molecule has 1 aromatic heterocycles. The number of carbonyl (C=O) groups excluding carboxylic acids is 3. The van der Waals surface area contributed by atoms with Crippen molar-refractivity contribution < 1.29 is 24.2 Å². The van der Waals surface area contributed by atoms with Crippen LogP contribution in [0.1, 0.15) is 33.1 Å². The maximum absolute atomic E-state index is 13.4. The molecule has 1 aliphatic rings. The lowest BCUT2D eigenvalue weighted by Gasteiger charge is -2.23. The number of hydrogen-bond donors (Lipinski definition) is 1. The van der Waals surface area contributed by atoms with Crippen LogP contribution in [-0.2, 0) is 14.3 Å². The van der Waals surface area contributed by atoms with Crippen LogP contribution in [0.4, 0.5) is 5.13 Å². The van der Waals surface area contributed by atoms with Crippen LogP contribution in [0, 0.1) is 6.92 Å². The van der Waals surface area contributed by atoms with Gasteiger partial charge in [-0.1, -0.05) is 41.1 Å². The van der Waals surface area contributed by atoms with E-state index in [1.54, 1.807) is 48.5 Å². The van der Waals surface area contributed by atoms with Gasteiger partial charge in [0.2, 0.25) is 0 Å². The SMILES string of the molecule is COC(=O)c1ccc(C2/C(=C(\O)c3ccc(Cl)cc3)C(=O)C(=O)N2c2nc3ccc(C)cc3s2)cc1. The highest BCUT2D eigenvalue weighted by Crippen LogP contribution is 2.44. The average molecular weight is 519 g/mol. The van der Waals surface area contributed by atoms with E-state index >= 15 is 0 Å². The number of aliphatic hydroxyl groups excluding tert-OH is 1. The Balaban J connectivity index is 1.70. The Labute approximate surface area is 215 Å². The molecule has 1 aliphatic heterocycles. The van der Waals surface area contributed by atoms with Crippen LogP contribution in [0.3, 0.4) is 0 Å². The van der Waals surface area contributed by atoms with E-state index in [0.29, 0.717) is 32.4 Å². The number of aromatic nitrogens is 1. The summed E-state index contributed by atoms with van der Waals surface area (Å²) in [7, 11) is 1.28. The molecule has 3 aromatic carbocycles. The molecule has 180 valence electrons. The summed E-state index contributed by atoms with van der Waals surface area (Å²) in [5, 5.41) is 12.0. The first kappa shape index (κ1) is 23.7. The first-order valence-electron chi connectivity index (χ1n) is 10.9. The number of amides is 1. The molecule has 4 aromatic rings. The van der Waals surface area contributed by atoms with Gasteiger partial charge in [0.1, 0.15) is 5.76 Å². The highest BCUT2D eigenvalue weighted by molar-refractivity contribution is 7.22. The molecule has 1 saturated heterocycles. The lowest BCUT2D eigenvalue weighted by atomic mass is 9.95. The largest absolute Gasteiger partial charge is 0.507 e. The molecule has 1 N–H and O–H groups in total. The number of hydrogen-bond acceptors (Lipinski definition) is 7. The molecular formula is C27H19ClN2O5S. The van der Waals surface area contributed by atoms with Gasteiger partial charge in [-0.05, 0) is 66.6 Å². The van der Waals surface area contributed by atoms with E-state index in [9.17, 15) is 19.5 Å². The van der Waals surface area contributed by atoms with Crippen LogP contribution in [0.2, 0.25) is 5.02 Å². The molecule has 9 heteroatoms. The Bertz CT molecular complexity index is 1560. The minimum absolute atomic E-state index is 0.0800. The molecule has 5 rings (SSSR count). The second kappa shape index (κ2) is 9.22. The van der Waals surface area contributed by atoms with Gasteiger partial charge in [0.05, 0.1) is 34.5 Å². The fourth-order valence-electron chi connectivity index (χ4n) is 4.15. The van der Waals surface area contributed by atoms with Gasteiger partial charge in [-0.2, -0.15) is 0 Å². The summed E-state index contributed by atoms with van der Waals surface area (Å²) in [5.41, 5.74) is 2.83. The molecule has 36 heavy (non-hydrogen) atoms. The molecule has 1 amide bonds. The smallest absolute Gasteiger partial charge is 0.337 e. The van der Waals surface area contributed by atoms with Crippen molar-refractivity contribution in [3.05, 3.63) is 99.6 Å². The van der Waals surface area contributed by atoms with Gasteiger partial charge >= 0.3 is 11.9 Å². The number of esters is 1. The van der Waals surface area contributed by atoms with Crippen LogP contribution in [0.15, 0.2) is 72.3 Å². The predicted molar refractivity (Wildman–Crippen MR) is 138 cm³/mol. The molecule has 0 saturated carbocycles. The number of thiazole rings is 1. The Morgan fingerprint density at radius 2 is 1.69 bits per heavy atom. The van der Waals surface area contributed by atoms with Gasteiger partial charge in [-0.25, -0.2) is 9.78 Å². The van der Waals surface area contributed by atoms with E-state index in [1.165, 1.54) is 23.3 Å². The first-order chi connectivity index (χ1) is 17.3. The van der Waals surface area contributed by atoms with Crippen LogP contribution in [0.25, 0.3) is 16.0 Å². The summed E-state index contributed by atoms with van der Waals surface area (Å²) in [6.07, 6.45) is 0. The third-order valence-corrected chi connectivity index (χ3v) is 7.22. The second-order valence-corrected chi connectivity index (χ2v) is 9.70. The van der Waals surface area contributed by atoms with Crippen molar-refractivity contribution in [2.45, 2.75) is 13.0 Å². The molecule has 1 atom stereocenters. The Morgan fingerprint density at radius 3 is 2.36 bits per heavy atom. The van der Waals surface area contributed by atoms with Crippen LogP contribution < -0.4 is 4.90 Å². The molecule has 1 unspecified atom stereocenters. The minimum Gasteiger partial charge on any atom is -0.507 e. The van der Waals surface area contributed by atoms with Gasteiger partial charge in [0, 0.05) is 10.6 Å². The van der Waals surface area contributed by atoms with Crippen molar-refractivity contribution in [2.75, 3.05) is 12.0 Å². The third-order valence-electron chi connectivity index (χ3n) is 5.95. The fourth-order valence-corrected chi connectivity index (χ4v) is 5.37. The number of fused-ring (bicyclic) bond motifs is 1. The van der Waals surface area contributed by atoms with E-state index in [1.807, 2.05) is 25.1 Å². The second-order valence-electron chi connectivity index (χ2n) is 8.26. The number of carbonyl (C=O) groups is 3. The Hall–Kier alpha value is -4.01. The van der Waals surface area contributed by atoms with E-state index in [0.717, 1.165) is 10.3 Å². The van der Waals surface area contributed by atoms with E-state index in [-0.39, 0.29) is 11.3 Å². The lowest BCUT2D eigenvalue weighted by molar-refractivity contribution is -0.132. The van der Waals surface area contributed by atoms with Crippen LogP contribution >= 0.6 is 22.9 Å². The maximum atomic E-state index is 13.4. The topological polar surface area (TPSA) is 96.8 Å². The highest BCUT2D eigenvalue weighted by Gasteiger charge is 2.48. The number of ketones is 1. The predicted octanol–water partition coefficient (Wildman–Crippen LogP) is 5.67. The number of nitrogens with zero attached hydrogens (tertiary/aromatic N) is 2. The monoisotopic (exact) mass is 518 g/mol. The number of anilines is 1. The fraction of sp³-hybridized carbons (Fsp3) is 0.111. The molecule has 0 radical (unpaired) electrons. The molecule has 2 heterocycles. The van der Waals surface area contributed by atoms with Crippen molar-refractivity contribution in [3.63, 3.8) is 0 Å². The Morgan fingerprint density at radius 1 is 1.03 bits per heavy atom. The number of aryl methyl sites for hydroxylation is 1. The number of aliphatic hydroxyl groups is 1. The quantitative estimate of drug-likeness (QED) is 0.162. The maximum Gasteiger partial charge on any atom is 0.337 e. The van der Waals surface area contributed by atoms with Crippen LogP contribution in [-0.4, -0.2) is 34.9 Å². The van der Waals surface area contributed by atoms with Crippen molar-refractivity contribution in [2.24, 2.45) is 0 Å². The summed E-state index contributed by atoms with van der Waals surface area (Å²) < 4.78 is 5.64. The zero-order valence-electron chi connectivity index (χ0n) is 19.2. The summed E-state index contributed by atoms with van der Waals surface area (Å²) >= 11 is 7.27. The molecule has 0 spiro atoms. The van der Waals surface area contributed by atoms with Crippen molar-refractivity contribution in [1.29, 1.82) is 0 Å². The summed E-state index contributed by atoms with van der Waals surface area (Å²) in [6.45, 7) is 1.96. The highest BCUT2D eigenvalue weighted by atomic mass is 35.5. The van der Waals surface area contributed by atoms with E-state index in [2.05, 4.69) is 4.98 Å². The standard InChI is InChI=1S/C27H19ClN2O5S/c1-14-3-12-19-20(13-14)36-27(29-19)30-22(15-4-6-17(7-5-15)26(34)35-2)21(24(32)25(30)33)23(31)16-8-10-18(28)11-9-16/h3-13,22,31H,1-2H3/b23-21+. The first-order valence-corrected chi connectivity index (χ1v) is 12.1. The van der Waals surface area contributed by atoms with Gasteiger partial charge in [-0.15, -0.1) is 0 Å². The van der Waals surface area contributed by atoms with Gasteiger partial charge < -0.3 is 9.84 Å². The van der Waals surface area contributed by atoms with E-state index in [4.69, 9.17) is 16.3 Å². The lowest BCUT2D eigenvalue weighted by Crippen LogP contribution is -2.29. The average Bonchev–Trinajstić information content (AvgIpc) is 3.41. The molecule has 0 bridgehead atoms. The zero-order valence-corrected chi connectivity index (χ0v) is 20.8. The number of benzene rings is 3. The van der Waals surface area contributed by atoms with Gasteiger partial charge in [-0.3, -0.25) is 14.5 Å². The number of halogens is 1. The molecule has 0 aliphatic carbocycles. The van der Waals surface area contributed by atoms with Crippen molar-refractivity contribution in [1.82, 2.24) is 4.98 Å². The summed E-state index contributed by atoms with van der Waals surface area (Å²) in [4.78, 5) is 44.5. The van der Waals surface area contributed by atoms with Gasteiger partial charge in [0.15, 0.2) is 5.13 Å². The zero-order chi connectivity index (χ0) is 25.6. The molecule has 7 nitrogen and oxygen atoms in total. The minimum atomic E-state index is -0.964. The van der Waals surface area contributed by atoms with E-state index < -0.39 is 23.7 Å². The van der Waals surface area contributed by atoms with Crippen LogP contribution in [0.5, 0.6) is 0 Å². The normalized spacial score (nSPS) is 17.1. The third kappa shape index (κ3) is 4.04. The Kier molecular flexibility index (Phi) is 6.07. The molecular weight excluding hydrogens is 500 g/mol. The van der Waals surface area contributed by atoms with Crippen molar-refractivity contribution in [3.8, 4) is 0 Å². The number of ether oxygens (including phenoxy) is 1. The number of methoxy groups -OCH3 is 1. The number of rotatable bonds is 4. The molecule has 1 fully saturated rings. The summed E-state index contributed by atoms with van der Waals surface area (Å²) in [6, 6.07) is 17.4. The van der Waals surface area contributed by atoms with Gasteiger partial charge in [0.25, 0.3) is 5.78 Å². The van der Waals surface area contributed by atoms with Crippen molar-refractivity contribution >= 4 is 61.7 Å². The summed E-state index contributed by atoms with van der Waals surface area (Å²) in [5.74, 6) is -2.48. The number of Topliss-reactive ketones (excluding diaryl/α,β-unsaturated/α-hetero) is 1.